The van der Waals surface area contributed by atoms with Crippen molar-refractivity contribution in [3.05, 3.63) is 91.0 Å². The fourth-order valence-corrected chi connectivity index (χ4v) is 13.3. The van der Waals surface area contributed by atoms with Crippen molar-refractivity contribution >= 4 is 30.3 Å². The van der Waals surface area contributed by atoms with Gasteiger partial charge in [-0.2, -0.15) is 0 Å². The van der Waals surface area contributed by atoms with Gasteiger partial charge in [-0.15, -0.1) is 0 Å². The molecule has 0 saturated heterocycles. The monoisotopic (exact) mass is 380 g/mol. The summed E-state index contributed by atoms with van der Waals surface area (Å²) in [6, 6.07) is 30.2. The SMILES string of the molecule is COC(=O)[As](C)(c1ccccc1)(c1ccccc1)c1ccccc1. The zero-order chi connectivity index (χ0) is 17.1. The number of carbonyl (C=O) groups is 1. The summed E-state index contributed by atoms with van der Waals surface area (Å²) in [6.45, 7) is 0. The topological polar surface area (TPSA) is 26.3 Å². The normalized spacial score (nSPS) is 12.8. The van der Waals surface area contributed by atoms with Crippen LogP contribution in [0.25, 0.3) is 0 Å². The molecule has 0 fully saturated rings. The van der Waals surface area contributed by atoms with E-state index in [1.807, 2.05) is 54.6 Å². The quantitative estimate of drug-likeness (QED) is 0.651. The molecule has 0 aliphatic carbocycles. The number of methoxy groups -OCH3 is 1. The maximum absolute atomic E-state index is 13.4. The summed E-state index contributed by atoms with van der Waals surface area (Å²) in [5.41, 5.74) is 2.13. The second kappa shape index (κ2) is 6.30. The second-order valence-electron chi connectivity index (χ2n) is 6.04. The first-order chi connectivity index (χ1) is 11.6. The standard InChI is InChI=1S/C21H21AsO2/c1-22(21(23)24-2,18-12-6-3-7-13-18,19-14-8-4-9-15-19)20-16-10-5-11-17-20/h3-17H,1-2H3. The van der Waals surface area contributed by atoms with Crippen LogP contribution < -0.4 is 13.1 Å². The van der Waals surface area contributed by atoms with Crippen molar-refractivity contribution in [3.63, 3.8) is 0 Å². The molecule has 0 aliphatic rings. The van der Waals surface area contributed by atoms with E-state index >= 15 is 0 Å². The third kappa shape index (κ3) is 2.22. The minimum absolute atomic E-state index is 0.128. The van der Waals surface area contributed by atoms with E-state index in [1.54, 1.807) is 0 Å². The van der Waals surface area contributed by atoms with Gasteiger partial charge in [0.2, 0.25) is 0 Å². The van der Waals surface area contributed by atoms with Gasteiger partial charge in [0.1, 0.15) is 0 Å². The van der Waals surface area contributed by atoms with Crippen molar-refractivity contribution in [2.24, 2.45) is 0 Å². The van der Waals surface area contributed by atoms with Gasteiger partial charge >= 0.3 is 144 Å². The molecular formula is C21H21AsO2. The molecule has 0 saturated carbocycles. The van der Waals surface area contributed by atoms with Crippen molar-refractivity contribution in [1.29, 1.82) is 0 Å². The van der Waals surface area contributed by atoms with Gasteiger partial charge in [0, 0.05) is 0 Å². The van der Waals surface area contributed by atoms with Crippen LogP contribution in [0.15, 0.2) is 91.0 Å². The molecule has 3 aromatic carbocycles. The number of benzene rings is 3. The molecule has 122 valence electrons. The first-order valence-corrected chi connectivity index (χ1v) is 13.5. The minimum atomic E-state index is -4.12. The van der Waals surface area contributed by atoms with Gasteiger partial charge in [-0.3, -0.25) is 0 Å². The summed E-state index contributed by atoms with van der Waals surface area (Å²) >= 11 is -4.12. The van der Waals surface area contributed by atoms with Gasteiger partial charge in [-0.05, 0) is 0 Å². The predicted octanol–water partition coefficient (Wildman–Crippen LogP) is 3.09. The molecule has 0 aliphatic heterocycles. The number of hydrogen-bond acceptors (Lipinski definition) is 2. The first-order valence-electron chi connectivity index (χ1n) is 7.89. The van der Waals surface area contributed by atoms with Crippen LogP contribution in [0.3, 0.4) is 0 Å². The summed E-state index contributed by atoms with van der Waals surface area (Å²) < 4.78 is 8.46. The summed E-state index contributed by atoms with van der Waals surface area (Å²) in [5, 5.41) is 0. The number of carbonyl (C=O) groups excluding carboxylic acids is 1. The Labute approximate surface area is 143 Å². The Hall–Kier alpha value is -2.31. The summed E-state index contributed by atoms with van der Waals surface area (Å²) in [5.74, 6) is 0. The molecule has 3 aromatic rings. The average Bonchev–Trinajstić information content (AvgIpc) is 2.69. The second-order valence-corrected chi connectivity index (χ2v) is 16.6. The van der Waals surface area contributed by atoms with Gasteiger partial charge in [-0.1, -0.05) is 0 Å². The Balaban J connectivity index is 2.50. The molecular weight excluding hydrogens is 359 g/mol. The van der Waals surface area contributed by atoms with E-state index in [0.29, 0.717) is 0 Å². The Morgan fingerprint density at radius 2 is 0.958 bits per heavy atom. The molecule has 0 N–H and O–H groups in total. The Morgan fingerprint density at radius 3 is 1.21 bits per heavy atom. The summed E-state index contributed by atoms with van der Waals surface area (Å²) in [4.78, 5) is 13.4. The van der Waals surface area contributed by atoms with Gasteiger partial charge in [0.25, 0.3) is 0 Å². The van der Waals surface area contributed by atoms with Crippen LogP contribution in [-0.2, 0) is 4.74 Å². The van der Waals surface area contributed by atoms with E-state index in [4.69, 9.17) is 4.74 Å². The molecule has 0 amide bonds. The molecule has 0 heterocycles. The van der Waals surface area contributed by atoms with Gasteiger partial charge in [-0.25, -0.2) is 0 Å². The van der Waals surface area contributed by atoms with Crippen LogP contribution in [0.2, 0.25) is 5.71 Å². The Bertz CT molecular complexity index is 730. The molecule has 2 nitrogen and oxygen atoms in total. The molecule has 0 spiro atoms. The molecule has 3 rings (SSSR count). The van der Waals surface area contributed by atoms with Gasteiger partial charge < -0.3 is 0 Å². The van der Waals surface area contributed by atoms with Crippen LogP contribution in [0.4, 0.5) is 4.79 Å². The van der Waals surface area contributed by atoms with Crippen LogP contribution in [0.1, 0.15) is 0 Å². The summed E-state index contributed by atoms with van der Waals surface area (Å²) in [6.07, 6.45) is 0. The predicted molar refractivity (Wildman–Crippen MR) is 102 cm³/mol. The van der Waals surface area contributed by atoms with E-state index in [1.165, 1.54) is 7.11 Å². The molecule has 3 heteroatoms. The number of ether oxygens (including phenoxy) is 1. The average molecular weight is 380 g/mol. The summed E-state index contributed by atoms with van der Waals surface area (Å²) in [7, 11) is 1.49. The fraction of sp³-hybridized carbons (Fsp3) is 0.0952. The number of hydrogen-bond donors (Lipinski definition) is 0. The molecule has 0 aromatic heterocycles. The van der Waals surface area contributed by atoms with Crippen molar-refractivity contribution in [2.45, 2.75) is 5.71 Å². The van der Waals surface area contributed by atoms with Crippen LogP contribution in [0, 0.1) is 0 Å². The molecule has 0 atom stereocenters. The zero-order valence-corrected chi connectivity index (χ0v) is 15.8. The zero-order valence-electron chi connectivity index (χ0n) is 13.9. The number of rotatable bonds is 4. The van der Waals surface area contributed by atoms with Crippen LogP contribution in [0.5, 0.6) is 0 Å². The van der Waals surface area contributed by atoms with Crippen molar-refractivity contribution in [1.82, 2.24) is 0 Å². The molecule has 0 unspecified atom stereocenters. The van der Waals surface area contributed by atoms with Crippen molar-refractivity contribution in [3.8, 4) is 0 Å². The van der Waals surface area contributed by atoms with Crippen molar-refractivity contribution < 1.29 is 9.53 Å². The first kappa shape index (κ1) is 16.5. The molecule has 24 heavy (non-hydrogen) atoms. The van der Waals surface area contributed by atoms with Crippen molar-refractivity contribution in [2.75, 3.05) is 7.11 Å². The van der Waals surface area contributed by atoms with E-state index in [0.717, 1.165) is 13.1 Å². The van der Waals surface area contributed by atoms with E-state index in [2.05, 4.69) is 42.1 Å². The van der Waals surface area contributed by atoms with E-state index in [9.17, 15) is 4.79 Å². The maximum atomic E-state index is 13.4. The van der Waals surface area contributed by atoms with Gasteiger partial charge in [0.15, 0.2) is 0 Å². The van der Waals surface area contributed by atoms with Crippen LogP contribution >= 0.6 is 0 Å². The molecule has 0 radical (unpaired) electrons. The molecule has 0 bridgehead atoms. The third-order valence-corrected chi connectivity index (χ3v) is 17.1. The Kier molecular flexibility index (Phi) is 4.34. The van der Waals surface area contributed by atoms with Crippen LogP contribution in [-0.4, -0.2) is 24.3 Å². The fourth-order valence-electron chi connectivity index (χ4n) is 3.39. The third-order valence-electron chi connectivity index (χ3n) is 4.84. The van der Waals surface area contributed by atoms with Gasteiger partial charge in [0.05, 0.1) is 0 Å². The Morgan fingerprint density at radius 1 is 0.667 bits per heavy atom. The van der Waals surface area contributed by atoms with E-state index in [-0.39, 0.29) is 4.76 Å². The van der Waals surface area contributed by atoms with E-state index < -0.39 is 12.5 Å².